The third-order valence-corrected chi connectivity index (χ3v) is 4.08. The van der Waals surface area contributed by atoms with Gasteiger partial charge >= 0.3 is 0 Å². The van der Waals surface area contributed by atoms with Gasteiger partial charge in [-0.05, 0) is 41.9 Å². The Labute approximate surface area is 108 Å². The number of thiophene rings is 1. The molecule has 0 radical (unpaired) electrons. The Kier molecular flexibility index (Phi) is 3.84. The maximum atomic E-state index is 5.48. The quantitative estimate of drug-likeness (QED) is 0.923. The van der Waals surface area contributed by atoms with Crippen LogP contribution in [-0.4, -0.2) is 0 Å². The van der Waals surface area contributed by atoms with E-state index in [0.717, 1.165) is 29.1 Å². The molecule has 2 rings (SSSR count). The van der Waals surface area contributed by atoms with Gasteiger partial charge in [-0.3, -0.25) is 0 Å². The van der Waals surface area contributed by atoms with Crippen molar-refractivity contribution < 1.29 is 4.42 Å². The van der Waals surface area contributed by atoms with Crippen molar-refractivity contribution >= 4 is 27.3 Å². The van der Waals surface area contributed by atoms with Gasteiger partial charge in [0.2, 0.25) is 0 Å². The van der Waals surface area contributed by atoms with Gasteiger partial charge in [-0.2, -0.15) is 0 Å². The van der Waals surface area contributed by atoms with Gasteiger partial charge in [0.1, 0.15) is 11.5 Å². The summed E-state index contributed by atoms with van der Waals surface area (Å²) >= 11 is 5.21. The van der Waals surface area contributed by atoms with E-state index in [-0.39, 0.29) is 0 Å². The van der Waals surface area contributed by atoms with E-state index in [9.17, 15) is 0 Å². The molecule has 0 aromatic carbocycles. The van der Waals surface area contributed by atoms with Crippen LogP contribution in [-0.2, 0) is 13.1 Å². The minimum atomic E-state index is 0.860. The molecule has 0 saturated carbocycles. The van der Waals surface area contributed by atoms with Crippen LogP contribution >= 0.6 is 27.3 Å². The van der Waals surface area contributed by atoms with Crippen LogP contribution in [0, 0.1) is 13.8 Å². The van der Waals surface area contributed by atoms with Crippen LogP contribution in [0.4, 0.5) is 0 Å². The Morgan fingerprint density at radius 3 is 2.69 bits per heavy atom. The highest BCUT2D eigenvalue weighted by molar-refractivity contribution is 9.10. The Bertz CT molecular complexity index is 475. The minimum absolute atomic E-state index is 0.860. The molecular weight excluding hydrogens is 286 g/mol. The minimum Gasteiger partial charge on any atom is -0.466 e. The molecule has 2 aromatic rings. The lowest BCUT2D eigenvalue weighted by Gasteiger charge is -2.01. The predicted molar refractivity (Wildman–Crippen MR) is 70.7 cm³/mol. The summed E-state index contributed by atoms with van der Waals surface area (Å²) in [6.45, 7) is 5.75. The van der Waals surface area contributed by atoms with Crippen molar-refractivity contribution in [3.05, 3.63) is 43.9 Å². The van der Waals surface area contributed by atoms with Crippen LogP contribution < -0.4 is 5.32 Å². The summed E-state index contributed by atoms with van der Waals surface area (Å²) in [6, 6.07) is 4.23. The summed E-state index contributed by atoms with van der Waals surface area (Å²) in [5, 5.41) is 5.52. The monoisotopic (exact) mass is 299 g/mol. The third kappa shape index (κ3) is 2.97. The fourth-order valence-electron chi connectivity index (χ4n) is 1.63. The lowest BCUT2D eigenvalue weighted by atomic mass is 10.2. The molecule has 1 N–H and O–H groups in total. The SMILES string of the molecule is Cc1cc(CNCc2cc(Br)cs2)c(C)o1. The summed E-state index contributed by atoms with van der Waals surface area (Å²) < 4.78 is 6.63. The lowest BCUT2D eigenvalue weighted by molar-refractivity contribution is 0.499. The fraction of sp³-hybridized carbons (Fsp3) is 0.333. The van der Waals surface area contributed by atoms with Crippen molar-refractivity contribution in [3.8, 4) is 0 Å². The van der Waals surface area contributed by atoms with Gasteiger partial charge in [0.15, 0.2) is 0 Å². The summed E-state index contributed by atoms with van der Waals surface area (Å²) in [5.41, 5.74) is 1.24. The Morgan fingerprint density at radius 2 is 2.12 bits per heavy atom. The maximum Gasteiger partial charge on any atom is 0.105 e. The number of halogens is 1. The molecule has 86 valence electrons. The van der Waals surface area contributed by atoms with Gasteiger partial charge in [-0.15, -0.1) is 11.3 Å². The zero-order chi connectivity index (χ0) is 11.5. The highest BCUT2D eigenvalue weighted by Crippen LogP contribution is 2.19. The largest absolute Gasteiger partial charge is 0.466 e. The molecule has 0 aliphatic heterocycles. The summed E-state index contributed by atoms with van der Waals surface area (Å²) in [6.07, 6.45) is 0. The van der Waals surface area contributed by atoms with E-state index in [0.29, 0.717) is 0 Å². The van der Waals surface area contributed by atoms with Gasteiger partial charge in [0, 0.05) is 33.4 Å². The molecule has 16 heavy (non-hydrogen) atoms. The van der Waals surface area contributed by atoms with Crippen LogP contribution in [0.15, 0.2) is 26.4 Å². The molecule has 0 unspecified atom stereocenters. The first kappa shape index (κ1) is 11.9. The van der Waals surface area contributed by atoms with Crippen LogP contribution in [0.2, 0.25) is 0 Å². The molecule has 0 atom stereocenters. The Hall–Kier alpha value is -0.580. The molecule has 0 fully saturated rings. The van der Waals surface area contributed by atoms with Gasteiger partial charge in [-0.1, -0.05) is 0 Å². The molecule has 0 saturated heterocycles. The van der Waals surface area contributed by atoms with Crippen LogP contribution in [0.3, 0.4) is 0 Å². The van der Waals surface area contributed by atoms with Crippen LogP contribution in [0.1, 0.15) is 22.0 Å². The molecule has 0 aliphatic rings. The Balaban J connectivity index is 1.86. The molecule has 0 bridgehead atoms. The van der Waals surface area contributed by atoms with Gasteiger partial charge in [0.05, 0.1) is 0 Å². The van der Waals surface area contributed by atoms with Crippen molar-refractivity contribution in [1.82, 2.24) is 5.32 Å². The Morgan fingerprint density at radius 1 is 1.31 bits per heavy atom. The first-order chi connectivity index (χ1) is 7.65. The van der Waals surface area contributed by atoms with Crippen molar-refractivity contribution in [3.63, 3.8) is 0 Å². The standard InChI is InChI=1S/C12H14BrNOS/c1-8-3-10(9(2)15-8)5-14-6-12-4-11(13)7-16-12/h3-4,7,14H,5-6H2,1-2H3. The number of hydrogen-bond acceptors (Lipinski definition) is 3. The lowest BCUT2D eigenvalue weighted by Crippen LogP contribution is -2.11. The zero-order valence-electron chi connectivity index (χ0n) is 9.34. The van der Waals surface area contributed by atoms with Gasteiger partial charge in [-0.25, -0.2) is 0 Å². The second kappa shape index (κ2) is 5.17. The van der Waals surface area contributed by atoms with Gasteiger partial charge in [0.25, 0.3) is 0 Å². The second-order valence-electron chi connectivity index (χ2n) is 3.77. The van der Waals surface area contributed by atoms with Crippen molar-refractivity contribution in [2.75, 3.05) is 0 Å². The molecule has 2 aromatic heterocycles. The first-order valence-electron chi connectivity index (χ1n) is 5.14. The van der Waals surface area contributed by atoms with E-state index in [1.165, 1.54) is 10.4 Å². The molecule has 0 amide bonds. The average molecular weight is 300 g/mol. The van der Waals surface area contributed by atoms with Gasteiger partial charge < -0.3 is 9.73 Å². The topological polar surface area (TPSA) is 25.2 Å². The van der Waals surface area contributed by atoms with E-state index in [1.54, 1.807) is 11.3 Å². The highest BCUT2D eigenvalue weighted by Gasteiger charge is 2.04. The normalized spacial score (nSPS) is 10.9. The number of rotatable bonds is 4. The summed E-state index contributed by atoms with van der Waals surface area (Å²) in [4.78, 5) is 1.34. The fourth-order valence-corrected chi connectivity index (χ4v) is 3.05. The smallest absolute Gasteiger partial charge is 0.105 e. The molecule has 0 spiro atoms. The molecule has 4 heteroatoms. The molecule has 0 aliphatic carbocycles. The third-order valence-electron chi connectivity index (χ3n) is 2.38. The number of hydrogen-bond donors (Lipinski definition) is 1. The zero-order valence-corrected chi connectivity index (χ0v) is 11.7. The van der Waals surface area contributed by atoms with Crippen LogP contribution in [0.5, 0.6) is 0 Å². The molecule has 2 nitrogen and oxygen atoms in total. The van der Waals surface area contributed by atoms with E-state index >= 15 is 0 Å². The number of nitrogens with one attached hydrogen (secondary N) is 1. The average Bonchev–Trinajstić information content (AvgIpc) is 2.74. The molecular formula is C12H14BrNOS. The van der Waals surface area contributed by atoms with E-state index in [1.807, 2.05) is 13.8 Å². The summed E-state index contributed by atoms with van der Waals surface area (Å²) in [7, 11) is 0. The van der Waals surface area contributed by atoms with E-state index in [4.69, 9.17) is 4.42 Å². The van der Waals surface area contributed by atoms with Crippen molar-refractivity contribution in [1.29, 1.82) is 0 Å². The second-order valence-corrected chi connectivity index (χ2v) is 5.68. The van der Waals surface area contributed by atoms with E-state index in [2.05, 4.69) is 38.8 Å². The first-order valence-corrected chi connectivity index (χ1v) is 6.82. The number of aryl methyl sites for hydroxylation is 2. The van der Waals surface area contributed by atoms with E-state index < -0.39 is 0 Å². The summed E-state index contributed by atoms with van der Waals surface area (Å²) in [5.74, 6) is 1.99. The van der Waals surface area contributed by atoms with Crippen molar-refractivity contribution in [2.45, 2.75) is 26.9 Å². The molecule has 2 heterocycles. The number of furan rings is 1. The maximum absolute atomic E-state index is 5.48. The highest BCUT2D eigenvalue weighted by atomic mass is 79.9. The van der Waals surface area contributed by atoms with Crippen molar-refractivity contribution in [2.24, 2.45) is 0 Å². The predicted octanol–water partition coefficient (Wildman–Crippen LogP) is 4.01. The van der Waals surface area contributed by atoms with Crippen LogP contribution in [0.25, 0.3) is 0 Å².